The minimum Gasteiger partial charge on any atom is -0.497 e. The zero-order chi connectivity index (χ0) is 19.1. The fourth-order valence-electron chi connectivity index (χ4n) is 2.45. The molecule has 0 bridgehead atoms. The van der Waals surface area contributed by atoms with Crippen LogP contribution in [0, 0.1) is 11.3 Å². The van der Waals surface area contributed by atoms with Crippen molar-refractivity contribution in [2.75, 3.05) is 7.11 Å². The number of nitrogens with zero attached hydrogens (tertiary/aromatic N) is 4. The van der Waals surface area contributed by atoms with Crippen LogP contribution in [-0.2, 0) is 4.79 Å². The predicted octanol–water partition coefficient (Wildman–Crippen LogP) is 2.91. The molecule has 0 spiro atoms. The number of hydrogen-bond donors (Lipinski definition) is 1. The first-order valence-corrected chi connectivity index (χ1v) is 8.19. The van der Waals surface area contributed by atoms with E-state index >= 15 is 0 Å². The molecule has 0 unspecified atom stereocenters. The summed E-state index contributed by atoms with van der Waals surface area (Å²) in [4.78, 5) is 11.4. The van der Waals surface area contributed by atoms with Crippen molar-refractivity contribution in [3.05, 3.63) is 66.4 Å². The molecule has 0 saturated carbocycles. The third-order valence-corrected chi connectivity index (χ3v) is 3.76. The van der Waals surface area contributed by atoms with E-state index in [1.165, 1.54) is 6.21 Å². The maximum absolute atomic E-state index is 11.4. The van der Waals surface area contributed by atoms with Crippen molar-refractivity contribution < 1.29 is 9.53 Å². The summed E-state index contributed by atoms with van der Waals surface area (Å²) in [6, 6.07) is 19.0. The molecule has 27 heavy (non-hydrogen) atoms. The first-order chi connectivity index (χ1) is 13.2. The molecule has 0 aliphatic heterocycles. The summed E-state index contributed by atoms with van der Waals surface area (Å²) >= 11 is 0. The molecule has 3 aromatic rings. The molecule has 2 aromatic carbocycles. The van der Waals surface area contributed by atoms with Crippen molar-refractivity contribution in [1.82, 2.24) is 15.2 Å². The molecule has 1 N–H and O–H groups in total. The summed E-state index contributed by atoms with van der Waals surface area (Å²) in [7, 11) is 1.61. The van der Waals surface area contributed by atoms with Gasteiger partial charge in [0.1, 0.15) is 17.9 Å². The molecule has 1 amide bonds. The lowest BCUT2D eigenvalue weighted by Gasteiger charge is -2.02. The number of ether oxygens (including phenoxy) is 1. The number of methoxy groups -OCH3 is 1. The van der Waals surface area contributed by atoms with Crippen LogP contribution in [0.15, 0.2) is 65.9 Å². The Bertz CT molecular complexity index is 985. The third kappa shape index (κ3) is 4.38. The molecular formula is C20H17N5O2. The smallest absolute Gasteiger partial charge is 0.254 e. The molecule has 0 aliphatic rings. The topological polar surface area (TPSA) is 92.3 Å². The average molecular weight is 359 g/mol. The number of hydrazone groups is 1. The molecule has 0 radical (unpaired) electrons. The van der Waals surface area contributed by atoms with Crippen molar-refractivity contribution >= 4 is 12.1 Å². The Morgan fingerprint density at radius 3 is 2.67 bits per heavy atom. The maximum atomic E-state index is 11.4. The van der Waals surface area contributed by atoms with Crippen molar-refractivity contribution in [1.29, 1.82) is 5.26 Å². The lowest BCUT2D eigenvalue weighted by molar-refractivity contribution is -0.120. The van der Waals surface area contributed by atoms with Gasteiger partial charge in [-0.2, -0.15) is 15.5 Å². The summed E-state index contributed by atoms with van der Waals surface area (Å²) in [5, 5.41) is 17.1. The highest BCUT2D eigenvalue weighted by Crippen LogP contribution is 2.24. The Morgan fingerprint density at radius 1 is 1.26 bits per heavy atom. The number of hydrogen-bond acceptors (Lipinski definition) is 5. The Kier molecular flexibility index (Phi) is 5.60. The van der Waals surface area contributed by atoms with E-state index in [-0.39, 0.29) is 6.42 Å². The predicted molar refractivity (Wildman–Crippen MR) is 102 cm³/mol. The standard InChI is InChI=1S/C20H17N5O2/c1-27-18-9-7-15(8-10-18)20-16(13-22-23-19(26)11-12-21)14-25(24-20)17-5-3-2-4-6-17/h2-10,13-14H,11H2,1H3,(H,23,26). The number of carbonyl (C=O) groups is 1. The van der Waals surface area contributed by atoms with Gasteiger partial charge in [-0.1, -0.05) is 18.2 Å². The molecule has 1 aromatic heterocycles. The van der Waals surface area contributed by atoms with Crippen LogP contribution < -0.4 is 10.2 Å². The molecule has 1 heterocycles. The highest BCUT2D eigenvalue weighted by Gasteiger charge is 2.11. The van der Waals surface area contributed by atoms with Gasteiger partial charge in [0.2, 0.25) is 0 Å². The number of amides is 1. The van der Waals surface area contributed by atoms with Crippen molar-refractivity contribution in [2.24, 2.45) is 5.10 Å². The third-order valence-electron chi connectivity index (χ3n) is 3.76. The molecular weight excluding hydrogens is 342 g/mol. The molecule has 7 heteroatoms. The summed E-state index contributed by atoms with van der Waals surface area (Å²) in [6.45, 7) is 0. The molecule has 3 rings (SSSR count). The summed E-state index contributed by atoms with van der Waals surface area (Å²) < 4.78 is 6.95. The molecule has 0 atom stereocenters. The average Bonchev–Trinajstić information content (AvgIpc) is 3.13. The van der Waals surface area contributed by atoms with Crippen molar-refractivity contribution in [2.45, 2.75) is 6.42 Å². The van der Waals surface area contributed by atoms with Crippen LogP contribution in [0.2, 0.25) is 0 Å². The van der Waals surface area contributed by atoms with Gasteiger partial charge in [-0.05, 0) is 36.4 Å². The fourth-order valence-corrected chi connectivity index (χ4v) is 2.45. The van der Waals surface area contributed by atoms with Crippen molar-refractivity contribution in [3.8, 4) is 28.8 Å². The highest BCUT2D eigenvalue weighted by atomic mass is 16.5. The first kappa shape index (κ1) is 17.9. The number of nitriles is 1. The Labute approximate surface area is 156 Å². The maximum Gasteiger partial charge on any atom is 0.254 e. The number of para-hydroxylation sites is 1. The van der Waals surface area contributed by atoms with E-state index in [4.69, 9.17) is 10.00 Å². The van der Waals surface area contributed by atoms with Gasteiger partial charge in [0, 0.05) is 17.3 Å². The zero-order valence-electron chi connectivity index (χ0n) is 14.7. The van der Waals surface area contributed by atoms with E-state index in [9.17, 15) is 4.79 Å². The lowest BCUT2D eigenvalue weighted by Crippen LogP contribution is -2.16. The van der Waals surface area contributed by atoms with E-state index in [1.54, 1.807) is 17.9 Å². The fraction of sp³-hybridized carbons (Fsp3) is 0.100. The van der Waals surface area contributed by atoms with Crippen LogP contribution in [0.5, 0.6) is 5.75 Å². The van der Waals surface area contributed by atoms with Gasteiger partial charge in [0.05, 0.1) is 25.1 Å². The minimum absolute atomic E-state index is 0.244. The van der Waals surface area contributed by atoms with Gasteiger partial charge in [0.25, 0.3) is 5.91 Å². The number of nitrogens with one attached hydrogen (secondary N) is 1. The number of aromatic nitrogens is 2. The SMILES string of the molecule is COc1ccc(-c2nn(-c3ccccc3)cc2C=NNC(=O)CC#N)cc1. The molecule has 134 valence electrons. The lowest BCUT2D eigenvalue weighted by atomic mass is 10.1. The van der Waals surface area contributed by atoms with Gasteiger partial charge in [-0.25, -0.2) is 10.1 Å². The highest BCUT2D eigenvalue weighted by molar-refractivity contribution is 5.89. The molecule has 7 nitrogen and oxygen atoms in total. The second kappa shape index (κ2) is 8.45. The van der Waals surface area contributed by atoms with Crippen LogP contribution in [0.25, 0.3) is 16.9 Å². The minimum atomic E-state index is -0.463. The summed E-state index contributed by atoms with van der Waals surface area (Å²) in [6.07, 6.45) is 3.10. The largest absolute Gasteiger partial charge is 0.497 e. The quantitative estimate of drug-likeness (QED) is 0.541. The first-order valence-electron chi connectivity index (χ1n) is 8.19. The van der Waals surface area contributed by atoms with E-state index in [0.29, 0.717) is 5.69 Å². The van der Waals surface area contributed by atoms with E-state index in [0.717, 1.165) is 22.6 Å². The van der Waals surface area contributed by atoms with E-state index in [2.05, 4.69) is 15.6 Å². The van der Waals surface area contributed by atoms with Crippen LogP contribution in [0.1, 0.15) is 12.0 Å². The van der Waals surface area contributed by atoms with Crippen LogP contribution in [0.3, 0.4) is 0 Å². The second-order valence-corrected chi connectivity index (χ2v) is 5.57. The van der Waals surface area contributed by atoms with Crippen molar-refractivity contribution in [3.63, 3.8) is 0 Å². The Balaban J connectivity index is 1.96. The second-order valence-electron chi connectivity index (χ2n) is 5.57. The molecule has 0 saturated heterocycles. The van der Waals surface area contributed by atoms with Gasteiger partial charge in [0.15, 0.2) is 0 Å². The van der Waals surface area contributed by atoms with Crippen LogP contribution in [0.4, 0.5) is 0 Å². The summed E-state index contributed by atoms with van der Waals surface area (Å²) in [5.41, 5.74) is 5.55. The van der Waals surface area contributed by atoms with Gasteiger partial charge < -0.3 is 4.74 Å². The number of benzene rings is 2. The van der Waals surface area contributed by atoms with Gasteiger partial charge >= 0.3 is 0 Å². The number of carbonyl (C=O) groups excluding carboxylic acids is 1. The van der Waals surface area contributed by atoms with Gasteiger partial charge in [-0.15, -0.1) is 0 Å². The van der Waals surface area contributed by atoms with Crippen LogP contribution in [-0.4, -0.2) is 29.0 Å². The molecule has 0 aliphatic carbocycles. The Morgan fingerprint density at radius 2 is 2.00 bits per heavy atom. The summed E-state index contributed by atoms with van der Waals surface area (Å²) in [5.74, 6) is 0.287. The van der Waals surface area contributed by atoms with Crippen LogP contribution >= 0.6 is 0 Å². The normalized spacial score (nSPS) is 10.5. The van der Waals surface area contributed by atoms with Gasteiger partial charge in [-0.3, -0.25) is 4.79 Å². The van der Waals surface area contributed by atoms with E-state index in [1.807, 2.05) is 60.8 Å². The Hall–Kier alpha value is -3.92. The van der Waals surface area contributed by atoms with E-state index < -0.39 is 5.91 Å². The monoisotopic (exact) mass is 359 g/mol. The zero-order valence-corrected chi connectivity index (χ0v) is 14.7. The molecule has 0 fully saturated rings. The number of rotatable bonds is 6.